The number of hydrogen-bond acceptors (Lipinski definition) is 5. The van der Waals surface area contributed by atoms with Gasteiger partial charge in [-0.1, -0.05) is 6.07 Å². The minimum Gasteiger partial charge on any atom is -0.469 e. The van der Waals surface area contributed by atoms with Gasteiger partial charge in [0.05, 0.1) is 25.0 Å². The molecule has 1 aromatic rings. The van der Waals surface area contributed by atoms with Crippen molar-refractivity contribution in [1.29, 1.82) is 0 Å². The highest BCUT2D eigenvalue weighted by molar-refractivity contribution is 5.94. The minimum absolute atomic E-state index is 0.178. The molecule has 0 atom stereocenters. The van der Waals surface area contributed by atoms with Crippen molar-refractivity contribution in [3.05, 3.63) is 29.6 Å². The van der Waals surface area contributed by atoms with E-state index >= 15 is 0 Å². The molecule has 0 amide bonds. The van der Waals surface area contributed by atoms with Crippen LogP contribution in [0.3, 0.4) is 0 Å². The van der Waals surface area contributed by atoms with Crippen LogP contribution >= 0.6 is 0 Å². The Morgan fingerprint density at radius 1 is 1.15 bits per heavy atom. The molecule has 3 aliphatic rings. The average molecular weight is 275 g/mol. The summed E-state index contributed by atoms with van der Waals surface area (Å²) in [7, 11) is 2.77. The molecule has 3 fully saturated rings. The second-order valence-corrected chi connectivity index (χ2v) is 5.81. The number of rotatable bonds is 3. The molecule has 0 saturated heterocycles. The number of carbonyl (C=O) groups excluding carboxylic acids is 2. The number of methoxy groups -OCH3 is 2. The van der Waals surface area contributed by atoms with Crippen LogP contribution in [0.5, 0.6) is 0 Å². The van der Waals surface area contributed by atoms with Crippen LogP contribution in [0.15, 0.2) is 18.3 Å². The Morgan fingerprint density at radius 3 is 2.10 bits per heavy atom. The first-order valence-corrected chi connectivity index (χ1v) is 6.59. The SMILES string of the molecule is COC(=O)C12CC(C(=O)OC)(C1)C2c1ccc(C)nc1. The maximum atomic E-state index is 12.1. The number of carbonyl (C=O) groups is 2. The first-order chi connectivity index (χ1) is 9.50. The zero-order valence-electron chi connectivity index (χ0n) is 11.8. The third kappa shape index (κ3) is 1.35. The monoisotopic (exact) mass is 275 g/mol. The normalized spacial score (nSPS) is 33.6. The Balaban J connectivity index is 1.98. The summed E-state index contributed by atoms with van der Waals surface area (Å²) in [6, 6.07) is 3.82. The lowest BCUT2D eigenvalue weighted by molar-refractivity contribution is -0.249. The predicted octanol–water partition coefficient (Wildman–Crippen LogP) is 1.60. The zero-order chi connectivity index (χ0) is 14.5. The smallest absolute Gasteiger partial charge is 0.312 e. The van der Waals surface area contributed by atoms with Crippen molar-refractivity contribution in [2.75, 3.05) is 14.2 Å². The van der Waals surface area contributed by atoms with Crippen LogP contribution in [-0.2, 0) is 19.1 Å². The van der Waals surface area contributed by atoms with Gasteiger partial charge in [-0.2, -0.15) is 0 Å². The van der Waals surface area contributed by atoms with Gasteiger partial charge in [0.15, 0.2) is 0 Å². The van der Waals surface area contributed by atoms with Crippen LogP contribution in [0, 0.1) is 17.8 Å². The fourth-order valence-electron chi connectivity index (χ4n) is 3.97. The van der Waals surface area contributed by atoms with Gasteiger partial charge in [0.2, 0.25) is 0 Å². The van der Waals surface area contributed by atoms with Gasteiger partial charge >= 0.3 is 11.9 Å². The molecule has 3 aliphatic carbocycles. The van der Waals surface area contributed by atoms with Gasteiger partial charge in [-0.3, -0.25) is 14.6 Å². The third-order valence-corrected chi connectivity index (χ3v) is 4.82. The summed E-state index contributed by atoms with van der Waals surface area (Å²) in [4.78, 5) is 28.4. The second-order valence-electron chi connectivity index (χ2n) is 5.81. The highest BCUT2D eigenvalue weighted by atomic mass is 16.5. The molecule has 3 saturated carbocycles. The van der Waals surface area contributed by atoms with Crippen LogP contribution in [0.25, 0.3) is 0 Å². The Kier molecular flexibility index (Phi) is 2.64. The van der Waals surface area contributed by atoms with Gasteiger partial charge < -0.3 is 9.47 Å². The maximum Gasteiger partial charge on any atom is 0.312 e. The number of pyridine rings is 1. The van der Waals surface area contributed by atoms with E-state index in [0.29, 0.717) is 12.8 Å². The van der Waals surface area contributed by atoms with E-state index in [2.05, 4.69) is 4.98 Å². The molecular formula is C15H17NO4. The van der Waals surface area contributed by atoms with Gasteiger partial charge in [0.1, 0.15) is 0 Å². The molecule has 106 valence electrons. The molecule has 1 aromatic heterocycles. The van der Waals surface area contributed by atoms with Crippen molar-refractivity contribution in [2.45, 2.75) is 25.7 Å². The summed E-state index contributed by atoms with van der Waals surface area (Å²) < 4.78 is 9.83. The van der Waals surface area contributed by atoms with Gasteiger partial charge in [-0.25, -0.2) is 0 Å². The van der Waals surface area contributed by atoms with Gasteiger partial charge in [0.25, 0.3) is 0 Å². The molecular weight excluding hydrogens is 258 g/mol. The molecule has 0 unspecified atom stereocenters. The number of esters is 2. The number of hydrogen-bond donors (Lipinski definition) is 0. The Bertz CT molecular complexity index is 544. The molecule has 0 N–H and O–H groups in total. The summed E-state index contributed by atoms with van der Waals surface area (Å²) in [6.45, 7) is 1.90. The van der Waals surface area contributed by atoms with Crippen molar-refractivity contribution >= 4 is 11.9 Å². The Labute approximate surface area is 117 Å². The summed E-state index contributed by atoms with van der Waals surface area (Å²) in [5, 5.41) is 0. The van der Waals surface area contributed by atoms with Gasteiger partial charge in [-0.15, -0.1) is 0 Å². The average Bonchev–Trinajstić information content (AvgIpc) is 2.38. The highest BCUT2D eigenvalue weighted by Gasteiger charge is 2.83. The second kappa shape index (κ2) is 4.04. The topological polar surface area (TPSA) is 65.5 Å². The summed E-state index contributed by atoms with van der Waals surface area (Å²) >= 11 is 0. The van der Waals surface area contributed by atoms with Crippen molar-refractivity contribution in [1.82, 2.24) is 4.98 Å². The summed E-state index contributed by atoms with van der Waals surface area (Å²) in [6.07, 6.45) is 2.77. The lowest BCUT2D eigenvalue weighted by Crippen LogP contribution is -2.74. The van der Waals surface area contributed by atoms with Crippen LogP contribution < -0.4 is 0 Å². The molecule has 4 rings (SSSR count). The first-order valence-electron chi connectivity index (χ1n) is 6.59. The van der Waals surface area contributed by atoms with E-state index in [1.165, 1.54) is 14.2 Å². The van der Waals surface area contributed by atoms with E-state index in [1.807, 2.05) is 19.1 Å². The minimum atomic E-state index is -0.570. The Morgan fingerprint density at radius 2 is 1.70 bits per heavy atom. The van der Waals surface area contributed by atoms with Gasteiger partial charge in [-0.05, 0) is 31.4 Å². The van der Waals surface area contributed by atoms with Gasteiger partial charge in [0, 0.05) is 17.8 Å². The quantitative estimate of drug-likeness (QED) is 0.784. The lowest BCUT2D eigenvalue weighted by atomic mass is 9.28. The van der Waals surface area contributed by atoms with E-state index < -0.39 is 10.8 Å². The van der Waals surface area contributed by atoms with E-state index in [1.54, 1.807) is 6.20 Å². The molecule has 1 heterocycles. The zero-order valence-corrected chi connectivity index (χ0v) is 11.8. The number of aromatic nitrogens is 1. The van der Waals surface area contributed by atoms with Crippen LogP contribution in [0.4, 0.5) is 0 Å². The van der Waals surface area contributed by atoms with Crippen molar-refractivity contribution < 1.29 is 19.1 Å². The van der Waals surface area contributed by atoms with Crippen LogP contribution in [0.2, 0.25) is 0 Å². The number of ether oxygens (including phenoxy) is 2. The molecule has 5 heteroatoms. The highest BCUT2D eigenvalue weighted by Crippen LogP contribution is 2.81. The van der Waals surface area contributed by atoms with Crippen LogP contribution in [-0.4, -0.2) is 31.1 Å². The van der Waals surface area contributed by atoms with Crippen molar-refractivity contribution in [3.8, 4) is 0 Å². The molecule has 0 radical (unpaired) electrons. The molecule has 0 spiro atoms. The fourth-order valence-corrected chi connectivity index (χ4v) is 3.97. The fraction of sp³-hybridized carbons (Fsp3) is 0.533. The lowest BCUT2D eigenvalue weighted by Gasteiger charge is -2.72. The predicted molar refractivity (Wildman–Crippen MR) is 69.8 cm³/mol. The molecule has 2 bridgehead atoms. The Hall–Kier alpha value is -1.91. The van der Waals surface area contributed by atoms with Crippen molar-refractivity contribution in [3.63, 3.8) is 0 Å². The van der Waals surface area contributed by atoms with E-state index in [-0.39, 0.29) is 17.9 Å². The van der Waals surface area contributed by atoms with Crippen molar-refractivity contribution in [2.24, 2.45) is 10.8 Å². The maximum absolute atomic E-state index is 12.1. The van der Waals surface area contributed by atoms with E-state index in [9.17, 15) is 9.59 Å². The molecule has 20 heavy (non-hydrogen) atoms. The number of aryl methyl sites for hydroxylation is 1. The largest absolute Gasteiger partial charge is 0.469 e. The van der Waals surface area contributed by atoms with E-state index in [4.69, 9.17) is 9.47 Å². The standard InChI is InChI=1S/C15H17NO4/c1-9-4-5-10(6-16-9)11-14(12(17)19-2)7-15(11,8-14)13(18)20-3/h4-6,11H,7-8H2,1-3H3. The first kappa shape index (κ1) is 13.1. The molecule has 5 nitrogen and oxygen atoms in total. The summed E-state index contributed by atoms with van der Waals surface area (Å²) in [5.74, 6) is -0.661. The molecule has 0 aliphatic heterocycles. The molecule has 0 aromatic carbocycles. The third-order valence-electron chi connectivity index (χ3n) is 4.82. The van der Waals surface area contributed by atoms with Crippen LogP contribution in [0.1, 0.15) is 30.0 Å². The number of nitrogens with zero attached hydrogens (tertiary/aromatic N) is 1. The van der Waals surface area contributed by atoms with E-state index in [0.717, 1.165) is 11.3 Å². The summed E-state index contributed by atoms with van der Waals surface area (Å²) in [5.41, 5.74) is 0.671.